The fourth-order valence-corrected chi connectivity index (χ4v) is 2.10. The van der Waals surface area contributed by atoms with E-state index in [0.717, 1.165) is 6.42 Å². The first-order chi connectivity index (χ1) is 7.05. The Morgan fingerprint density at radius 2 is 1.67 bits per heavy atom. The number of carbonyl (C=O) groups excluding carboxylic acids is 1. The zero-order chi connectivity index (χ0) is 11.9. The molecule has 15 heavy (non-hydrogen) atoms. The Bertz CT molecular complexity index is 226. The van der Waals surface area contributed by atoms with E-state index in [4.69, 9.17) is 17.7 Å². The maximum atomic E-state index is 11.5. The van der Waals surface area contributed by atoms with Gasteiger partial charge in [-0.25, -0.2) is 4.79 Å². The molecule has 0 rings (SSSR count). The Hall–Kier alpha value is -0.693. The van der Waals surface area contributed by atoms with Gasteiger partial charge in [-0.05, 0) is 13.3 Å². The lowest BCUT2D eigenvalue weighted by Crippen LogP contribution is -2.48. The summed E-state index contributed by atoms with van der Waals surface area (Å²) in [6, 6.07) is 0. The van der Waals surface area contributed by atoms with Gasteiger partial charge in [0.2, 0.25) is 0 Å². The molecule has 0 aliphatic heterocycles. The van der Waals surface area contributed by atoms with Gasteiger partial charge < -0.3 is 17.7 Å². The molecular formula is C9H18O5Si. The number of rotatable bonds is 6. The van der Waals surface area contributed by atoms with Crippen LogP contribution in [0.4, 0.5) is 0 Å². The third-order valence-corrected chi connectivity index (χ3v) is 3.74. The zero-order valence-electron chi connectivity index (χ0n) is 9.83. The lowest BCUT2D eigenvalue weighted by atomic mass is 10.2. The lowest BCUT2D eigenvalue weighted by molar-refractivity contribution is -0.138. The summed E-state index contributed by atoms with van der Waals surface area (Å²) in [4.78, 5) is 11.5. The maximum Gasteiger partial charge on any atom is 0.751 e. The molecule has 0 heterocycles. The molecule has 0 bridgehead atoms. The number of hydrogen-bond acceptors (Lipinski definition) is 5. The molecular weight excluding hydrogens is 216 g/mol. The van der Waals surface area contributed by atoms with Gasteiger partial charge in [0.1, 0.15) is 0 Å². The monoisotopic (exact) mass is 234 g/mol. The molecule has 0 saturated carbocycles. The second kappa shape index (κ2) is 6.73. The Morgan fingerprint density at radius 1 is 1.20 bits per heavy atom. The Morgan fingerprint density at radius 3 is 2.00 bits per heavy atom. The number of carbonyl (C=O) groups is 1. The molecule has 0 amide bonds. The highest BCUT2D eigenvalue weighted by Gasteiger charge is 2.47. The molecule has 0 aromatic rings. The molecule has 88 valence electrons. The van der Waals surface area contributed by atoms with E-state index in [1.54, 1.807) is 13.0 Å². The lowest BCUT2D eigenvalue weighted by Gasteiger charge is -2.22. The van der Waals surface area contributed by atoms with Crippen LogP contribution in [0.2, 0.25) is 0 Å². The van der Waals surface area contributed by atoms with Crippen molar-refractivity contribution in [1.29, 1.82) is 0 Å². The van der Waals surface area contributed by atoms with Crippen LogP contribution in [0.15, 0.2) is 11.6 Å². The average Bonchev–Trinajstić information content (AvgIpc) is 2.26. The normalized spacial score (nSPS) is 12.7. The van der Waals surface area contributed by atoms with Crippen molar-refractivity contribution in [3.63, 3.8) is 0 Å². The highest BCUT2D eigenvalue weighted by atomic mass is 28.4. The van der Waals surface area contributed by atoms with Crippen molar-refractivity contribution in [2.45, 2.75) is 20.3 Å². The summed E-state index contributed by atoms with van der Waals surface area (Å²) in [6.45, 7) is 3.61. The Labute approximate surface area is 91.5 Å². The summed E-state index contributed by atoms with van der Waals surface area (Å²) in [7, 11) is 0.878. The van der Waals surface area contributed by atoms with Crippen molar-refractivity contribution in [3.05, 3.63) is 11.6 Å². The van der Waals surface area contributed by atoms with Gasteiger partial charge in [-0.2, -0.15) is 0 Å². The number of hydrogen-bond donors (Lipinski definition) is 0. The summed E-state index contributed by atoms with van der Waals surface area (Å²) in [5, 5.41) is 0. The molecule has 0 radical (unpaired) electrons. The molecule has 0 unspecified atom stereocenters. The van der Waals surface area contributed by atoms with Crippen molar-refractivity contribution < 1.29 is 22.5 Å². The minimum absolute atomic E-state index is 0.478. The summed E-state index contributed by atoms with van der Waals surface area (Å²) in [5.41, 5.74) is 0.514. The molecule has 0 saturated heterocycles. The van der Waals surface area contributed by atoms with Gasteiger partial charge in [-0.1, -0.05) is 13.0 Å². The van der Waals surface area contributed by atoms with Crippen LogP contribution in [0, 0.1) is 0 Å². The molecule has 6 heteroatoms. The van der Waals surface area contributed by atoms with Crippen LogP contribution in [0.25, 0.3) is 0 Å². The topological polar surface area (TPSA) is 54.0 Å². The average molecular weight is 234 g/mol. The van der Waals surface area contributed by atoms with Gasteiger partial charge in [-0.15, -0.1) is 0 Å². The Balaban J connectivity index is 4.55. The Kier molecular flexibility index (Phi) is 6.42. The first kappa shape index (κ1) is 14.3. The van der Waals surface area contributed by atoms with Crippen molar-refractivity contribution in [2.24, 2.45) is 0 Å². The smallest absolute Gasteiger partial charge is 0.448 e. The van der Waals surface area contributed by atoms with Crippen LogP contribution in [0.3, 0.4) is 0 Å². The zero-order valence-corrected chi connectivity index (χ0v) is 10.8. The molecule has 0 spiro atoms. The van der Waals surface area contributed by atoms with Gasteiger partial charge >= 0.3 is 15.0 Å². The minimum atomic E-state index is -3.26. The molecule has 0 atom stereocenters. The SMILES string of the molecule is CCC=C(C)C(=O)O[Si](OC)(OC)OC. The standard InChI is InChI=1S/C9H18O5Si/c1-6-7-8(2)9(10)14-15(11-3,12-4)13-5/h7H,6H2,1-5H3. The van der Waals surface area contributed by atoms with Gasteiger partial charge in [-0.3, -0.25) is 0 Å². The van der Waals surface area contributed by atoms with E-state index in [0.29, 0.717) is 5.57 Å². The largest absolute Gasteiger partial charge is 0.751 e. The minimum Gasteiger partial charge on any atom is -0.448 e. The van der Waals surface area contributed by atoms with Crippen LogP contribution in [-0.2, 0) is 22.5 Å². The van der Waals surface area contributed by atoms with Crippen LogP contribution in [0.5, 0.6) is 0 Å². The molecule has 0 aromatic carbocycles. The van der Waals surface area contributed by atoms with Crippen LogP contribution < -0.4 is 0 Å². The predicted molar refractivity (Wildman–Crippen MR) is 56.9 cm³/mol. The van der Waals surface area contributed by atoms with Crippen molar-refractivity contribution in [3.8, 4) is 0 Å². The van der Waals surface area contributed by atoms with E-state index >= 15 is 0 Å². The van der Waals surface area contributed by atoms with E-state index in [9.17, 15) is 4.79 Å². The predicted octanol–water partition coefficient (Wildman–Crippen LogP) is 1.26. The van der Waals surface area contributed by atoms with Crippen molar-refractivity contribution in [2.75, 3.05) is 21.3 Å². The fraction of sp³-hybridized carbons (Fsp3) is 0.667. The third kappa shape index (κ3) is 4.13. The van der Waals surface area contributed by atoms with E-state index in [2.05, 4.69) is 0 Å². The van der Waals surface area contributed by atoms with Crippen molar-refractivity contribution >= 4 is 15.0 Å². The van der Waals surface area contributed by atoms with E-state index in [1.165, 1.54) is 21.3 Å². The molecule has 0 aliphatic carbocycles. The molecule has 0 aromatic heterocycles. The molecule has 0 aliphatic rings. The summed E-state index contributed by atoms with van der Waals surface area (Å²) >= 11 is 0. The van der Waals surface area contributed by atoms with Gasteiger partial charge in [0.05, 0.1) is 0 Å². The summed E-state index contributed by atoms with van der Waals surface area (Å²) < 4.78 is 19.9. The van der Waals surface area contributed by atoms with Gasteiger partial charge in [0, 0.05) is 26.9 Å². The van der Waals surface area contributed by atoms with E-state index in [1.807, 2.05) is 6.92 Å². The van der Waals surface area contributed by atoms with Gasteiger partial charge in [0.15, 0.2) is 0 Å². The summed E-state index contributed by atoms with van der Waals surface area (Å²) in [5.74, 6) is -0.478. The fourth-order valence-electron chi connectivity index (χ4n) is 0.959. The van der Waals surface area contributed by atoms with Gasteiger partial charge in [0.25, 0.3) is 0 Å². The first-order valence-electron chi connectivity index (χ1n) is 4.60. The summed E-state index contributed by atoms with van der Waals surface area (Å²) in [6.07, 6.45) is 2.53. The third-order valence-electron chi connectivity index (χ3n) is 1.80. The van der Waals surface area contributed by atoms with Crippen LogP contribution in [-0.4, -0.2) is 36.3 Å². The van der Waals surface area contributed by atoms with Crippen LogP contribution in [0.1, 0.15) is 20.3 Å². The molecule has 0 N–H and O–H groups in total. The van der Waals surface area contributed by atoms with Crippen molar-refractivity contribution in [1.82, 2.24) is 0 Å². The highest BCUT2D eigenvalue weighted by Crippen LogP contribution is 2.11. The molecule has 5 nitrogen and oxygen atoms in total. The second-order valence-corrected chi connectivity index (χ2v) is 5.23. The highest BCUT2D eigenvalue weighted by molar-refractivity contribution is 6.55. The second-order valence-electron chi connectivity index (χ2n) is 2.80. The molecule has 0 fully saturated rings. The van der Waals surface area contributed by atoms with E-state index in [-0.39, 0.29) is 0 Å². The quantitative estimate of drug-likeness (QED) is 0.511. The maximum absolute atomic E-state index is 11.5. The van der Waals surface area contributed by atoms with E-state index < -0.39 is 15.0 Å². The first-order valence-corrected chi connectivity index (χ1v) is 6.24. The van der Waals surface area contributed by atoms with Crippen LogP contribution >= 0.6 is 0 Å². The number of allylic oxidation sites excluding steroid dienone is 1.